The summed E-state index contributed by atoms with van der Waals surface area (Å²) in [6.07, 6.45) is 8.23. The van der Waals surface area contributed by atoms with Crippen molar-refractivity contribution in [2.75, 3.05) is 0 Å². The molecule has 0 amide bonds. The Morgan fingerprint density at radius 1 is 1.30 bits per heavy atom. The van der Waals surface area contributed by atoms with Crippen LogP contribution in [0, 0.1) is 5.82 Å². The Balaban J connectivity index is 0.000000319. The monoisotopic (exact) mass is 527 g/mol. The minimum absolute atomic E-state index is 0.303. The molecule has 0 bridgehead atoms. The number of aliphatic hydroxyl groups is 1. The predicted octanol–water partition coefficient (Wildman–Crippen LogP) is 7.24. The zero-order chi connectivity index (χ0) is 27.0. The highest BCUT2D eigenvalue weighted by molar-refractivity contribution is 7.16. The first-order valence-corrected chi connectivity index (χ1v) is 13.2. The number of hydrogen-bond donors (Lipinski definition) is 1. The van der Waals surface area contributed by atoms with E-state index < -0.39 is 11.7 Å². The summed E-state index contributed by atoms with van der Waals surface area (Å²) in [5, 5.41) is 10.1. The molecule has 1 aliphatic rings. The number of alkyl halides is 1. The quantitative estimate of drug-likeness (QED) is 0.191. The first-order chi connectivity index (χ1) is 17.6. The number of para-hydroxylation sites is 1. The van der Waals surface area contributed by atoms with Crippen molar-refractivity contribution in [1.29, 1.82) is 0 Å². The number of aromatic nitrogens is 2. The average Bonchev–Trinajstić information content (AvgIpc) is 3.42. The van der Waals surface area contributed by atoms with E-state index in [1.54, 1.807) is 51.2 Å². The highest BCUT2D eigenvalue weighted by Gasteiger charge is 2.19. The number of aliphatic imine (C=N–C) groups is 1. The van der Waals surface area contributed by atoms with E-state index in [9.17, 15) is 13.9 Å². The zero-order valence-electron chi connectivity index (χ0n) is 21.9. The molecule has 2 unspecified atom stereocenters. The van der Waals surface area contributed by atoms with Crippen molar-refractivity contribution in [3.8, 4) is 5.75 Å². The van der Waals surface area contributed by atoms with Crippen molar-refractivity contribution in [1.82, 2.24) is 9.55 Å². The molecule has 1 N–H and O–H groups in total. The van der Waals surface area contributed by atoms with Crippen molar-refractivity contribution >= 4 is 31.6 Å². The lowest BCUT2D eigenvalue weighted by molar-refractivity contribution is 0.153. The van der Waals surface area contributed by atoms with Crippen molar-refractivity contribution in [3.63, 3.8) is 0 Å². The van der Waals surface area contributed by atoms with Crippen LogP contribution in [0.2, 0.25) is 0 Å². The fourth-order valence-corrected chi connectivity index (χ4v) is 3.94. The highest BCUT2D eigenvalue weighted by Crippen LogP contribution is 2.29. The zero-order valence-corrected chi connectivity index (χ0v) is 23.1. The molecular weight excluding hydrogens is 491 g/mol. The molecule has 0 spiro atoms. The molecule has 0 fully saturated rings. The van der Waals surface area contributed by atoms with E-state index >= 15 is 0 Å². The van der Waals surface area contributed by atoms with Crippen LogP contribution in [0.25, 0.3) is 16.6 Å². The summed E-state index contributed by atoms with van der Waals surface area (Å²) in [6, 6.07) is 12.2. The van der Waals surface area contributed by atoms with Crippen LogP contribution in [0.3, 0.4) is 0 Å². The summed E-state index contributed by atoms with van der Waals surface area (Å²) in [7, 11) is 1.92. The Kier molecular flexibility index (Phi) is 10.1. The molecular formula is C29H36F2N3O2P. The van der Waals surface area contributed by atoms with Gasteiger partial charge in [-0.05, 0) is 51.8 Å². The van der Waals surface area contributed by atoms with E-state index in [-0.39, 0.29) is 5.82 Å². The number of hydrogen-bond acceptors (Lipinski definition) is 4. The van der Waals surface area contributed by atoms with Gasteiger partial charge >= 0.3 is 0 Å². The van der Waals surface area contributed by atoms with Crippen LogP contribution in [-0.4, -0.2) is 32.1 Å². The van der Waals surface area contributed by atoms with Crippen LogP contribution >= 0.6 is 9.24 Å². The molecule has 2 atom stereocenters. The SMILES string of the molecule is CCC/C=C/C(=C\N=C(C)C(C)(C)O)c1cc2c(cc1F)nc1n2CCC1.FC(P)Oc1ccccc1. The first-order valence-electron chi connectivity index (χ1n) is 12.5. The average molecular weight is 528 g/mol. The molecule has 0 saturated carbocycles. The van der Waals surface area contributed by atoms with Gasteiger partial charge in [0.2, 0.25) is 6.10 Å². The lowest BCUT2D eigenvalue weighted by Crippen LogP contribution is -2.28. The molecule has 5 nitrogen and oxygen atoms in total. The van der Waals surface area contributed by atoms with Gasteiger partial charge in [0.05, 0.1) is 16.6 Å². The lowest BCUT2D eigenvalue weighted by atomic mass is 10.0. The van der Waals surface area contributed by atoms with E-state index in [2.05, 4.69) is 21.5 Å². The van der Waals surface area contributed by atoms with E-state index in [1.165, 1.54) is 6.07 Å². The van der Waals surface area contributed by atoms with Crippen LogP contribution in [0.5, 0.6) is 5.75 Å². The molecule has 0 radical (unpaired) electrons. The number of ether oxygens (including phenoxy) is 1. The lowest BCUT2D eigenvalue weighted by Gasteiger charge is -2.16. The van der Waals surface area contributed by atoms with Crippen molar-refractivity contribution in [2.24, 2.45) is 4.99 Å². The molecule has 0 saturated heterocycles. The fraction of sp³-hybridized carbons (Fsp3) is 0.379. The Morgan fingerprint density at radius 3 is 2.68 bits per heavy atom. The predicted molar refractivity (Wildman–Crippen MR) is 151 cm³/mol. The Morgan fingerprint density at radius 2 is 2.03 bits per heavy atom. The summed E-state index contributed by atoms with van der Waals surface area (Å²) in [6.45, 7) is 8.18. The third-order valence-electron chi connectivity index (χ3n) is 6.04. The third-order valence-corrected chi connectivity index (χ3v) is 6.17. The second kappa shape index (κ2) is 13.1. The summed E-state index contributed by atoms with van der Waals surface area (Å²) >= 11 is 0. The normalized spacial score (nSPS) is 15.0. The minimum atomic E-state index is -1.32. The van der Waals surface area contributed by atoms with Gasteiger partial charge in [-0.15, -0.1) is 0 Å². The van der Waals surface area contributed by atoms with Gasteiger partial charge in [-0.1, -0.05) is 52.9 Å². The standard InChI is InChI=1S/C22H28FN3O.C7H8FOP/c1-5-6-7-9-16(14-24-15(2)22(3,4)27)17-12-20-19(13-18(17)23)25-21-10-8-11-26(20)21;8-7(10)9-6-4-2-1-3-5-6/h7,9,12-14,27H,5-6,8,10-11H2,1-4H3;1-5,7H,10H2/b9-7+,16-14+,24-15?;. The number of unbranched alkanes of at least 4 members (excludes halogenated alkanes) is 1. The van der Waals surface area contributed by atoms with Crippen LogP contribution in [0.15, 0.2) is 65.8 Å². The van der Waals surface area contributed by atoms with E-state index in [1.807, 2.05) is 33.5 Å². The van der Waals surface area contributed by atoms with Gasteiger partial charge in [0.1, 0.15) is 17.4 Å². The maximum atomic E-state index is 14.9. The van der Waals surface area contributed by atoms with E-state index in [0.29, 0.717) is 28.1 Å². The molecule has 198 valence electrons. The van der Waals surface area contributed by atoms with E-state index in [4.69, 9.17) is 4.74 Å². The van der Waals surface area contributed by atoms with Gasteiger partial charge in [0, 0.05) is 42.1 Å². The second-order valence-corrected chi connectivity index (χ2v) is 9.96. The van der Waals surface area contributed by atoms with Crippen molar-refractivity contribution in [2.45, 2.75) is 71.6 Å². The van der Waals surface area contributed by atoms with Gasteiger partial charge in [-0.25, -0.2) is 9.37 Å². The first kappa shape index (κ1) is 28.7. The molecule has 4 rings (SSSR count). The maximum Gasteiger partial charge on any atom is 0.249 e. The second-order valence-electron chi connectivity index (χ2n) is 9.44. The number of halogens is 2. The number of allylic oxidation sites excluding steroid dienone is 3. The molecule has 2 heterocycles. The van der Waals surface area contributed by atoms with Crippen LogP contribution in [0.4, 0.5) is 8.78 Å². The molecule has 8 heteroatoms. The summed E-state index contributed by atoms with van der Waals surface area (Å²) < 4.78 is 33.9. The molecule has 1 aliphatic heterocycles. The smallest absolute Gasteiger partial charge is 0.249 e. The Bertz CT molecular complexity index is 1280. The van der Waals surface area contributed by atoms with E-state index in [0.717, 1.165) is 43.6 Å². The Labute approximate surface area is 220 Å². The number of fused-ring (bicyclic) bond motifs is 3. The van der Waals surface area contributed by atoms with Gasteiger partial charge < -0.3 is 14.4 Å². The molecule has 1 aromatic heterocycles. The van der Waals surface area contributed by atoms with Crippen LogP contribution in [0.1, 0.15) is 58.3 Å². The molecule has 37 heavy (non-hydrogen) atoms. The number of benzene rings is 2. The van der Waals surface area contributed by atoms with Gasteiger partial charge in [0.25, 0.3) is 0 Å². The van der Waals surface area contributed by atoms with Gasteiger partial charge in [-0.2, -0.15) is 4.39 Å². The molecule has 2 aromatic carbocycles. The topological polar surface area (TPSA) is 59.6 Å². The number of aryl methyl sites for hydroxylation is 2. The largest absolute Gasteiger partial charge is 0.457 e. The third kappa shape index (κ3) is 8.05. The molecule has 3 aromatic rings. The number of imidazole rings is 1. The maximum absolute atomic E-state index is 14.9. The van der Waals surface area contributed by atoms with Crippen molar-refractivity contribution in [3.05, 3.63) is 78.0 Å². The fourth-order valence-electron chi connectivity index (χ4n) is 3.79. The molecule has 0 aliphatic carbocycles. The van der Waals surface area contributed by atoms with Crippen LogP contribution < -0.4 is 4.74 Å². The number of nitrogens with zero attached hydrogens (tertiary/aromatic N) is 3. The number of rotatable bonds is 8. The summed E-state index contributed by atoms with van der Waals surface area (Å²) in [4.78, 5) is 8.96. The van der Waals surface area contributed by atoms with Crippen LogP contribution in [-0.2, 0) is 13.0 Å². The highest BCUT2D eigenvalue weighted by atomic mass is 31.0. The summed E-state index contributed by atoms with van der Waals surface area (Å²) in [5.41, 5.74) is 2.45. The minimum Gasteiger partial charge on any atom is -0.457 e. The van der Waals surface area contributed by atoms with Crippen molar-refractivity contribution < 1.29 is 18.6 Å². The van der Waals surface area contributed by atoms with Gasteiger partial charge in [0.15, 0.2) is 0 Å². The Hall–Kier alpha value is -2.89. The van der Waals surface area contributed by atoms with Gasteiger partial charge in [-0.3, -0.25) is 4.99 Å². The summed E-state index contributed by atoms with van der Waals surface area (Å²) in [5.74, 6) is 1.28.